The number of carbonyl (C=O) groups is 1. The molecule has 0 amide bonds. The summed E-state index contributed by atoms with van der Waals surface area (Å²) in [5.74, 6) is -1.38. The fraction of sp³-hybridized carbons (Fsp3) is 0.125. The molecule has 0 heterocycles. The van der Waals surface area contributed by atoms with E-state index in [1.54, 1.807) is 0 Å². The molecule has 0 aliphatic carbocycles. The second-order valence-electron chi connectivity index (χ2n) is 2.17. The maximum Gasteiger partial charge on any atom is 0.339 e. The molecule has 63 valence electrons. The van der Waals surface area contributed by atoms with E-state index < -0.39 is 11.7 Å². The van der Waals surface area contributed by atoms with E-state index in [0.29, 0.717) is 5.75 Å². The van der Waals surface area contributed by atoms with Gasteiger partial charge in [-0.25, -0.2) is 4.79 Å². The molecule has 1 rings (SSSR count). The molecule has 0 aromatic heterocycles. The number of carboxylic acids is 1. The lowest BCUT2D eigenvalue weighted by molar-refractivity contribution is 0.0691. The first-order valence-electron chi connectivity index (χ1n) is 3.23. The van der Waals surface area contributed by atoms with Crippen molar-refractivity contribution in [1.29, 1.82) is 0 Å². The predicted octanol–water partition coefficient (Wildman–Crippen LogP) is 1.54. The smallest absolute Gasteiger partial charge is 0.339 e. The van der Waals surface area contributed by atoms with Crippen LogP contribution in [-0.4, -0.2) is 18.2 Å². The molecule has 0 aliphatic heterocycles. The summed E-state index contributed by atoms with van der Waals surface area (Å²) in [5.41, 5.74) is -0.269. The number of ether oxygens (including phenoxy) is 1. The van der Waals surface area contributed by atoms with Gasteiger partial charge in [-0.2, -0.15) is 0 Å². The predicted molar refractivity (Wildman–Crippen MR) is 40.1 cm³/mol. The summed E-state index contributed by atoms with van der Waals surface area (Å²) >= 11 is 0. The molecule has 1 aromatic carbocycles. The highest BCUT2D eigenvalue weighted by molar-refractivity contribution is 5.91. The number of hydrogen-bond acceptors (Lipinski definition) is 2. The van der Waals surface area contributed by atoms with Gasteiger partial charge in [0.2, 0.25) is 0 Å². The molecule has 0 spiro atoms. The minimum Gasteiger partial charge on any atom is -0.497 e. The first-order chi connectivity index (χ1) is 5.65. The van der Waals surface area contributed by atoms with E-state index in [-0.39, 0.29) is 5.56 Å². The van der Waals surface area contributed by atoms with E-state index in [1.807, 2.05) is 0 Å². The van der Waals surface area contributed by atoms with Gasteiger partial charge in [-0.15, -0.1) is 0 Å². The van der Waals surface area contributed by atoms with Crippen LogP contribution in [0.3, 0.4) is 0 Å². The summed E-state index contributed by atoms with van der Waals surface area (Å²) in [6.07, 6.45) is 0. The normalized spacial score (nSPS) is 9.42. The van der Waals surface area contributed by atoms with Gasteiger partial charge in [0.1, 0.15) is 11.3 Å². The highest BCUT2D eigenvalue weighted by atomic mass is 16.5. The second kappa shape index (κ2) is 3.13. The molecule has 0 saturated carbocycles. The fourth-order valence-corrected chi connectivity index (χ4v) is 0.803. The van der Waals surface area contributed by atoms with E-state index in [9.17, 15) is 9.90 Å². The zero-order valence-electron chi connectivity index (χ0n) is 6.40. The molecule has 0 saturated heterocycles. The van der Waals surface area contributed by atoms with E-state index in [1.165, 1.54) is 25.3 Å². The number of rotatable bonds is 2. The van der Waals surface area contributed by atoms with Crippen molar-refractivity contribution >= 4 is 5.97 Å². The van der Waals surface area contributed by atoms with Crippen LogP contribution in [0.15, 0.2) is 18.2 Å². The van der Waals surface area contributed by atoms with Crippen molar-refractivity contribution in [3.05, 3.63) is 23.8 Å². The molecule has 4 nitrogen and oxygen atoms in total. The van der Waals surface area contributed by atoms with Crippen molar-refractivity contribution in [2.75, 3.05) is 7.11 Å². The summed E-state index contributed by atoms with van der Waals surface area (Å²) < 4.78 is 4.76. The van der Waals surface area contributed by atoms with Gasteiger partial charge in [0.15, 0.2) is 5.75 Å². The Balaban J connectivity index is 3.17. The van der Waals surface area contributed by atoms with Gasteiger partial charge in [0.25, 0.3) is 0 Å². The molecule has 1 N–H and O–H groups in total. The first kappa shape index (κ1) is 8.39. The van der Waals surface area contributed by atoms with Crippen LogP contribution in [0.1, 0.15) is 10.4 Å². The van der Waals surface area contributed by atoms with Crippen molar-refractivity contribution in [2.24, 2.45) is 0 Å². The van der Waals surface area contributed by atoms with Gasteiger partial charge >= 0.3 is 5.97 Å². The average Bonchev–Trinajstić information content (AvgIpc) is 2.05. The molecule has 0 atom stereocenters. The van der Waals surface area contributed by atoms with E-state index in [4.69, 9.17) is 9.84 Å². The largest absolute Gasteiger partial charge is 0.497 e. The number of carboxylic acid groups (broad SMARTS) is 1. The maximum absolute atomic E-state index is 10.9. The van der Waals surface area contributed by atoms with Crippen molar-refractivity contribution in [3.8, 4) is 11.5 Å². The maximum atomic E-state index is 10.9. The van der Waals surface area contributed by atoms with Crippen LogP contribution in [0.2, 0.25) is 0 Å². The van der Waals surface area contributed by atoms with Crippen molar-refractivity contribution in [2.45, 2.75) is 0 Å². The van der Waals surface area contributed by atoms with Crippen LogP contribution in [-0.2, 0) is 5.11 Å². The van der Waals surface area contributed by atoms with Crippen molar-refractivity contribution < 1.29 is 19.7 Å². The number of methoxy groups -OCH3 is 1. The van der Waals surface area contributed by atoms with E-state index in [0.717, 1.165) is 0 Å². The average molecular weight is 167 g/mol. The Morgan fingerprint density at radius 2 is 2.17 bits per heavy atom. The van der Waals surface area contributed by atoms with Gasteiger partial charge in [-0.1, -0.05) is 0 Å². The molecule has 0 bridgehead atoms. The molecule has 4 heteroatoms. The summed E-state index contributed by atoms with van der Waals surface area (Å²) in [6, 6.07) is 3.79. The topological polar surface area (TPSA) is 66.4 Å². The van der Waals surface area contributed by atoms with E-state index >= 15 is 0 Å². The third kappa shape index (κ3) is 1.47. The highest BCUT2D eigenvalue weighted by Gasteiger charge is 2.11. The molecule has 0 unspecified atom stereocenters. The molecule has 0 aliphatic rings. The lowest BCUT2D eigenvalue weighted by Gasteiger charge is -2.00. The van der Waals surface area contributed by atoms with Crippen LogP contribution >= 0.6 is 0 Å². The van der Waals surface area contributed by atoms with Crippen LogP contribution < -0.4 is 4.74 Å². The van der Waals surface area contributed by atoms with Gasteiger partial charge in [-0.05, 0) is 18.2 Å². The number of hydrogen-bond donors (Lipinski definition) is 1. The third-order valence-electron chi connectivity index (χ3n) is 1.42. The molecule has 12 heavy (non-hydrogen) atoms. The van der Waals surface area contributed by atoms with Crippen LogP contribution in [0.25, 0.3) is 0 Å². The SMILES string of the molecule is COc1ccc([O])c(C(=O)O)c1. The lowest BCUT2D eigenvalue weighted by Crippen LogP contribution is -1.96. The summed E-state index contributed by atoms with van der Waals surface area (Å²) in [6.45, 7) is 0. The second-order valence-corrected chi connectivity index (χ2v) is 2.17. The molecular weight excluding hydrogens is 160 g/mol. The Morgan fingerprint density at radius 1 is 1.50 bits per heavy atom. The summed E-state index contributed by atoms with van der Waals surface area (Å²) in [5, 5.41) is 19.4. The molecular formula is C8H7O4. The molecule has 1 radical (unpaired) electrons. The standard InChI is InChI=1S/C8H7O4/c1-12-5-2-3-7(9)6(4-5)8(10)11/h2-4H,1H3,(H,10,11). The number of aromatic carboxylic acids is 1. The Kier molecular flexibility index (Phi) is 2.19. The zero-order valence-corrected chi connectivity index (χ0v) is 6.40. The first-order valence-corrected chi connectivity index (χ1v) is 3.23. The number of benzene rings is 1. The van der Waals surface area contributed by atoms with Gasteiger partial charge in [-0.3, -0.25) is 5.11 Å². The van der Waals surface area contributed by atoms with Gasteiger partial charge in [0, 0.05) is 0 Å². The van der Waals surface area contributed by atoms with Crippen LogP contribution in [0.4, 0.5) is 0 Å². The zero-order chi connectivity index (χ0) is 9.14. The lowest BCUT2D eigenvalue weighted by atomic mass is 10.2. The van der Waals surface area contributed by atoms with Gasteiger partial charge in [0.05, 0.1) is 7.11 Å². The quantitative estimate of drug-likeness (QED) is 0.726. The Labute approximate surface area is 69.0 Å². The van der Waals surface area contributed by atoms with Crippen molar-refractivity contribution in [3.63, 3.8) is 0 Å². The monoisotopic (exact) mass is 167 g/mol. The fourth-order valence-electron chi connectivity index (χ4n) is 0.803. The highest BCUT2D eigenvalue weighted by Crippen LogP contribution is 2.22. The third-order valence-corrected chi connectivity index (χ3v) is 1.42. The van der Waals surface area contributed by atoms with Crippen molar-refractivity contribution in [1.82, 2.24) is 0 Å². The Bertz CT molecular complexity index is 306. The van der Waals surface area contributed by atoms with Crippen LogP contribution in [0.5, 0.6) is 11.5 Å². The Morgan fingerprint density at radius 3 is 2.67 bits per heavy atom. The minimum absolute atomic E-state index is 0.269. The molecule has 1 aromatic rings. The van der Waals surface area contributed by atoms with E-state index in [2.05, 4.69) is 0 Å². The molecule has 0 fully saturated rings. The minimum atomic E-state index is -1.24. The van der Waals surface area contributed by atoms with Crippen LogP contribution in [0, 0.1) is 0 Å². The van der Waals surface area contributed by atoms with Gasteiger partial charge < -0.3 is 9.84 Å². The summed E-state index contributed by atoms with van der Waals surface area (Å²) in [4.78, 5) is 10.4. The summed E-state index contributed by atoms with van der Waals surface area (Å²) in [7, 11) is 1.41. The Hall–Kier alpha value is -1.71.